The van der Waals surface area contributed by atoms with Gasteiger partial charge in [0.25, 0.3) is 0 Å². The normalized spacial score (nSPS) is 30.6. The molecule has 1 aliphatic rings. The highest BCUT2D eigenvalue weighted by molar-refractivity contribution is 6.29. The monoisotopic (exact) mass is 118 g/mol. The SMILES string of the molecule is OC1C=C(Cl)CC1. The molecule has 0 fully saturated rings. The van der Waals surface area contributed by atoms with E-state index in [-0.39, 0.29) is 6.10 Å². The van der Waals surface area contributed by atoms with Crippen molar-refractivity contribution >= 4 is 11.6 Å². The van der Waals surface area contributed by atoms with Gasteiger partial charge >= 0.3 is 0 Å². The fraction of sp³-hybridized carbons (Fsp3) is 0.600. The predicted molar refractivity (Wildman–Crippen MR) is 29.2 cm³/mol. The van der Waals surface area contributed by atoms with E-state index in [2.05, 4.69) is 0 Å². The van der Waals surface area contributed by atoms with Crippen molar-refractivity contribution in [2.24, 2.45) is 0 Å². The second kappa shape index (κ2) is 1.85. The number of halogens is 1. The van der Waals surface area contributed by atoms with Crippen LogP contribution in [0.3, 0.4) is 0 Å². The zero-order chi connectivity index (χ0) is 5.28. The summed E-state index contributed by atoms with van der Waals surface area (Å²) in [7, 11) is 0. The Balaban J connectivity index is 2.50. The highest BCUT2D eigenvalue weighted by Crippen LogP contribution is 2.20. The Labute approximate surface area is 47.6 Å². The van der Waals surface area contributed by atoms with E-state index in [4.69, 9.17) is 16.7 Å². The number of hydrogen-bond acceptors (Lipinski definition) is 1. The van der Waals surface area contributed by atoms with E-state index in [0.29, 0.717) is 0 Å². The first kappa shape index (κ1) is 5.13. The molecule has 0 bridgehead atoms. The van der Waals surface area contributed by atoms with Crippen LogP contribution in [0, 0.1) is 0 Å². The summed E-state index contributed by atoms with van der Waals surface area (Å²) in [5, 5.41) is 9.54. The fourth-order valence-electron chi connectivity index (χ4n) is 0.661. The number of rotatable bonds is 0. The van der Waals surface area contributed by atoms with Crippen molar-refractivity contribution in [1.29, 1.82) is 0 Å². The van der Waals surface area contributed by atoms with Gasteiger partial charge in [0.05, 0.1) is 6.10 Å². The lowest BCUT2D eigenvalue weighted by Gasteiger charge is -1.89. The number of aliphatic hydroxyl groups excluding tert-OH is 1. The molecule has 1 nitrogen and oxygen atoms in total. The maximum atomic E-state index is 8.74. The molecule has 1 rings (SSSR count). The molecule has 1 unspecified atom stereocenters. The Bertz CT molecular complexity index is 98.3. The van der Waals surface area contributed by atoms with Crippen molar-refractivity contribution in [3.63, 3.8) is 0 Å². The van der Waals surface area contributed by atoms with E-state index in [1.165, 1.54) is 0 Å². The molecule has 0 amide bonds. The van der Waals surface area contributed by atoms with E-state index in [9.17, 15) is 0 Å². The molecule has 7 heavy (non-hydrogen) atoms. The quantitative estimate of drug-likeness (QED) is 0.508. The van der Waals surface area contributed by atoms with Gasteiger partial charge in [-0.1, -0.05) is 11.6 Å². The van der Waals surface area contributed by atoms with Crippen LogP contribution in [0.5, 0.6) is 0 Å². The second-order valence-electron chi connectivity index (χ2n) is 1.72. The van der Waals surface area contributed by atoms with Crippen molar-refractivity contribution in [2.45, 2.75) is 18.9 Å². The molecule has 0 heterocycles. The summed E-state index contributed by atoms with van der Waals surface area (Å²) in [5.41, 5.74) is 0. The van der Waals surface area contributed by atoms with Crippen LogP contribution in [0.15, 0.2) is 11.1 Å². The van der Waals surface area contributed by atoms with Crippen LogP contribution in [0.2, 0.25) is 0 Å². The van der Waals surface area contributed by atoms with Crippen LogP contribution < -0.4 is 0 Å². The first-order valence-corrected chi connectivity index (χ1v) is 2.71. The van der Waals surface area contributed by atoms with Crippen molar-refractivity contribution in [3.8, 4) is 0 Å². The largest absolute Gasteiger partial charge is 0.389 e. The lowest BCUT2D eigenvalue weighted by Crippen LogP contribution is -1.93. The summed E-state index contributed by atoms with van der Waals surface area (Å²) in [6, 6.07) is 0. The molecule has 2 heteroatoms. The molecular formula is C5H7ClO. The molecule has 0 radical (unpaired) electrons. The van der Waals surface area contributed by atoms with Crippen molar-refractivity contribution in [2.75, 3.05) is 0 Å². The van der Waals surface area contributed by atoms with Gasteiger partial charge in [0, 0.05) is 5.03 Å². The summed E-state index contributed by atoms with van der Waals surface area (Å²) >= 11 is 5.51. The third-order valence-electron chi connectivity index (χ3n) is 1.05. The van der Waals surface area contributed by atoms with Crippen molar-refractivity contribution in [3.05, 3.63) is 11.1 Å². The molecule has 0 aromatic heterocycles. The third-order valence-corrected chi connectivity index (χ3v) is 1.37. The minimum Gasteiger partial charge on any atom is -0.389 e. The first-order valence-electron chi connectivity index (χ1n) is 2.33. The van der Waals surface area contributed by atoms with E-state index in [0.717, 1.165) is 17.9 Å². The van der Waals surface area contributed by atoms with Gasteiger partial charge in [0.15, 0.2) is 0 Å². The van der Waals surface area contributed by atoms with E-state index in [1.54, 1.807) is 6.08 Å². The highest BCUT2D eigenvalue weighted by atomic mass is 35.5. The lowest BCUT2D eigenvalue weighted by molar-refractivity contribution is 0.223. The Morgan fingerprint density at radius 3 is 2.71 bits per heavy atom. The molecule has 0 spiro atoms. The van der Waals surface area contributed by atoms with Gasteiger partial charge in [0.1, 0.15) is 0 Å². The lowest BCUT2D eigenvalue weighted by atomic mass is 10.3. The Morgan fingerprint density at radius 2 is 2.57 bits per heavy atom. The van der Waals surface area contributed by atoms with Crippen LogP contribution in [0.25, 0.3) is 0 Å². The molecule has 0 aliphatic heterocycles. The predicted octanol–water partition coefficient (Wildman–Crippen LogP) is 1.26. The van der Waals surface area contributed by atoms with E-state index >= 15 is 0 Å². The Hall–Kier alpha value is -0.0100. The molecule has 0 aromatic rings. The van der Waals surface area contributed by atoms with Crippen molar-refractivity contribution in [1.82, 2.24) is 0 Å². The highest BCUT2D eigenvalue weighted by Gasteiger charge is 2.09. The minimum absolute atomic E-state index is 0.271. The number of allylic oxidation sites excluding steroid dienone is 1. The van der Waals surface area contributed by atoms with Gasteiger partial charge in [-0.25, -0.2) is 0 Å². The summed E-state index contributed by atoms with van der Waals surface area (Å²) in [6.07, 6.45) is 3.07. The van der Waals surface area contributed by atoms with Gasteiger partial charge in [-0.05, 0) is 18.9 Å². The van der Waals surface area contributed by atoms with Gasteiger partial charge < -0.3 is 5.11 Å². The molecule has 0 aromatic carbocycles. The van der Waals surface area contributed by atoms with Gasteiger partial charge in [0.2, 0.25) is 0 Å². The molecule has 1 atom stereocenters. The third kappa shape index (κ3) is 1.18. The zero-order valence-corrected chi connectivity index (χ0v) is 4.65. The average Bonchev–Trinajstić information content (AvgIpc) is 1.87. The van der Waals surface area contributed by atoms with Crippen molar-refractivity contribution < 1.29 is 5.11 Å². The number of aliphatic hydroxyl groups is 1. The summed E-state index contributed by atoms with van der Waals surface area (Å²) in [6.45, 7) is 0. The smallest absolute Gasteiger partial charge is 0.0738 e. The Kier molecular flexibility index (Phi) is 1.35. The maximum Gasteiger partial charge on any atom is 0.0738 e. The second-order valence-corrected chi connectivity index (χ2v) is 2.21. The number of hydrogen-bond donors (Lipinski definition) is 1. The molecule has 0 saturated heterocycles. The zero-order valence-electron chi connectivity index (χ0n) is 3.89. The van der Waals surface area contributed by atoms with Crippen LogP contribution >= 0.6 is 11.6 Å². The molecular weight excluding hydrogens is 112 g/mol. The van der Waals surface area contributed by atoms with Crippen LogP contribution in [0.4, 0.5) is 0 Å². The topological polar surface area (TPSA) is 20.2 Å². The minimum atomic E-state index is -0.271. The summed E-state index contributed by atoms with van der Waals surface area (Å²) in [4.78, 5) is 0. The van der Waals surface area contributed by atoms with E-state index in [1.807, 2.05) is 0 Å². The molecule has 0 saturated carbocycles. The fourth-order valence-corrected chi connectivity index (χ4v) is 0.916. The van der Waals surface area contributed by atoms with Gasteiger partial charge in [-0.2, -0.15) is 0 Å². The van der Waals surface area contributed by atoms with Crippen LogP contribution in [-0.2, 0) is 0 Å². The van der Waals surface area contributed by atoms with Gasteiger partial charge in [-0.3, -0.25) is 0 Å². The summed E-state index contributed by atoms with van der Waals surface area (Å²) < 4.78 is 0. The van der Waals surface area contributed by atoms with Crippen LogP contribution in [0.1, 0.15) is 12.8 Å². The van der Waals surface area contributed by atoms with E-state index < -0.39 is 0 Å². The summed E-state index contributed by atoms with van der Waals surface area (Å²) in [5.74, 6) is 0. The molecule has 40 valence electrons. The van der Waals surface area contributed by atoms with Crippen LogP contribution in [-0.4, -0.2) is 11.2 Å². The van der Waals surface area contributed by atoms with Gasteiger partial charge in [-0.15, -0.1) is 0 Å². The average molecular weight is 119 g/mol. The molecule has 1 aliphatic carbocycles. The molecule has 1 N–H and O–H groups in total. The standard InChI is InChI=1S/C5H7ClO/c6-4-1-2-5(7)3-4/h3,5,7H,1-2H2. The maximum absolute atomic E-state index is 8.74. The first-order chi connectivity index (χ1) is 3.29. The Morgan fingerprint density at radius 1 is 1.86 bits per heavy atom.